The average Bonchev–Trinajstić information content (AvgIpc) is 3.14. The molecule has 1 aliphatic carbocycles. The number of hydrogen-bond acceptors (Lipinski definition) is 3. The van der Waals surface area contributed by atoms with Gasteiger partial charge >= 0.3 is 5.97 Å². The smallest absolute Gasteiger partial charge is 0.312 e. The molecule has 0 fully saturated rings. The van der Waals surface area contributed by atoms with Crippen molar-refractivity contribution in [2.45, 2.75) is 26.0 Å². The van der Waals surface area contributed by atoms with Crippen molar-refractivity contribution in [2.24, 2.45) is 11.7 Å². The zero-order valence-electron chi connectivity index (χ0n) is 18.0. The maximum Gasteiger partial charge on any atom is 0.312 e. The Morgan fingerprint density at radius 3 is 2.66 bits per heavy atom. The van der Waals surface area contributed by atoms with Crippen LogP contribution in [0.3, 0.4) is 0 Å². The highest BCUT2D eigenvalue weighted by Gasteiger charge is 2.35. The summed E-state index contributed by atoms with van der Waals surface area (Å²) in [5.74, 6) is -1.11. The first kappa shape index (κ1) is 21.9. The third kappa shape index (κ3) is 4.35. The normalized spacial score (nSPS) is 20.1. The molecular formula is C26H25ClN2O3. The van der Waals surface area contributed by atoms with E-state index in [1.54, 1.807) is 25.1 Å². The largest absolute Gasteiger partial charge is 0.488 e. The predicted octanol–water partition coefficient (Wildman–Crippen LogP) is 5.52. The number of aromatic nitrogens is 1. The van der Waals surface area contributed by atoms with E-state index in [9.17, 15) is 9.90 Å². The van der Waals surface area contributed by atoms with Gasteiger partial charge in [0.25, 0.3) is 0 Å². The van der Waals surface area contributed by atoms with Crippen molar-refractivity contribution in [3.63, 3.8) is 0 Å². The molecule has 164 valence electrons. The molecule has 0 amide bonds. The molecule has 0 saturated carbocycles. The van der Waals surface area contributed by atoms with Gasteiger partial charge in [0.1, 0.15) is 12.4 Å². The van der Waals surface area contributed by atoms with Gasteiger partial charge in [0.05, 0.1) is 11.6 Å². The lowest BCUT2D eigenvalue weighted by atomic mass is 9.82. The number of ether oxygens (including phenoxy) is 1. The van der Waals surface area contributed by atoms with Gasteiger partial charge < -0.3 is 20.1 Å². The van der Waals surface area contributed by atoms with Gasteiger partial charge in [-0.15, -0.1) is 0 Å². The van der Waals surface area contributed by atoms with Gasteiger partial charge in [0, 0.05) is 27.5 Å². The highest BCUT2D eigenvalue weighted by molar-refractivity contribution is 6.31. The van der Waals surface area contributed by atoms with Crippen LogP contribution in [0.5, 0.6) is 5.75 Å². The molecule has 4 rings (SSSR count). The summed E-state index contributed by atoms with van der Waals surface area (Å²) in [6.07, 6.45) is 5.31. The Morgan fingerprint density at radius 1 is 1.19 bits per heavy atom. The van der Waals surface area contributed by atoms with E-state index < -0.39 is 17.4 Å². The van der Waals surface area contributed by atoms with Gasteiger partial charge in [-0.3, -0.25) is 4.79 Å². The zero-order chi connectivity index (χ0) is 22.9. The van der Waals surface area contributed by atoms with Crippen LogP contribution < -0.4 is 10.5 Å². The van der Waals surface area contributed by atoms with Gasteiger partial charge in [-0.05, 0) is 61.9 Å². The van der Waals surface area contributed by atoms with Crippen molar-refractivity contribution in [3.8, 4) is 17.0 Å². The number of carboxylic acid groups (broad SMARTS) is 1. The highest BCUT2D eigenvalue weighted by Crippen LogP contribution is 2.37. The van der Waals surface area contributed by atoms with Crippen LogP contribution in [0.25, 0.3) is 17.0 Å². The first-order chi connectivity index (χ1) is 15.3. The molecule has 0 aliphatic heterocycles. The number of carboxylic acids is 1. The Morgan fingerprint density at radius 2 is 1.94 bits per heavy atom. The molecule has 0 saturated heterocycles. The Hall–Kier alpha value is -3.28. The van der Waals surface area contributed by atoms with Crippen LogP contribution in [0, 0.1) is 12.8 Å². The maximum atomic E-state index is 11.8. The van der Waals surface area contributed by atoms with Crippen molar-refractivity contribution in [2.75, 3.05) is 0 Å². The molecule has 1 aromatic heterocycles. The van der Waals surface area contributed by atoms with E-state index in [2.05, 4.69) is 0 Å². The standard InChI is InChI=1S/C26H25ClN2O3/c1-17-8-10-23(29(17)20-12-13-26(2,28)22(15-20)25(30)31)21-14-19(27)9-11-24(21)32-16-18-6-4-3-5-7-18/h3-15,22H,16,28H2,1-2H3,(H,30,31). The van der Waals surface area contributed by atoms with Crippen LogP contribution in [-0.4, -0.2) is 21.2 Å². The van der Waals surface area contributed by atoms with Crippen LogP contribution in [0.15, 0.2) is 78.9 Å². The summed E-state index contributed by atoms with van der Waals surface area (Å²) < 4.78 is 8.16. The van der Waals surface area contributed by atoms with E-state index in [0.29, 0.717) is 17.4 Å². The number of hydrogen-bond donors (Lipinski definition) is 2. The lowest BCUT2D eigenvalue weighted by Crippen LogP contribution is -2.46. The Bertz CT molecular complexity index is 1210. The van der Waals surface area contributed by atoms with Gasteiger partial charge in [-0.25, -0.2) is 0 Å². The van der Waals surface area contributed by atoms with E-state index in [0.717, 1.165) is 28.2 Å². The first-order valence-corrected chi connectivity index (χ1v) is 10.7. The second-order valence-corrected chi connectivity index (χ2v) is 8.65. The van der Waals surface area contributed by atoms with E-state index in [4.69, 9.17) is 22.1 Å². The minimum absolute atomic E-state index is 0.421. The summed E-state index contributed by atoms with van der Waals surface area (Å²) in [4.78, 5) is 11.8. The maximum absolute atomic E-state index is 11.8. The Kier molecular flexibility index (Phi) is 5.96. The molecule has 1 heterocycles. The summed E-state index contributed by atoms with van der Waals surface area (Å²) in [5, 5.41) is 10.3. The fourth-order valence-corrected chi connectivity index (χ4v) is 4.09. The second-order valence-electron chi connectivity index (χ2n) is 8.22. The molecule has 3 N–H and O–H groups in total. The summed E-state index contributed by atoms with van der Waals surface area (Å²) >= 11 is 6.34. The van der Waals surface area contributed by atoms with Gasteiger partial charge in [0.15, 0.2) is 0 Å². The van der Waals surface area contributed by atoms with Crippen LogP contribution in [0.4, 0.5) is 0 Å². The van der Waals surface area contributed by atoms with Crippen molar-refractivity contribution < 1.29 is 14.6 Å². The fourth-order valence-electron chi connectivity index (χ4n) is 3.92. The molecule has 5 nitrogen and oxygen atoms in total. The summed E-state index contributed by atoms with van der Waals surface area (Å²) in [5.41, 5.74) is 9.68. The number of halogens is 1. The van der Waals surface area contributed by atoms with Crippen molar-refractivity contribution in [1.29, 1.82) is 0 Å². The number of benzene rings is 2. The number of allylic oxidation sites excluding steroid dienone is 2. The van der Waals surface area contributed by atoms with E-state index >= 15 is 0 Å². The van der Waals surface area contributed by atoms with Crippen LogP contribution >= 0.6 is 11.6 Å². The van der Waals surface area contributed by atoms with Gasteiger partial charge in [-0.2, -0.15) is 0 Å². The first-order valence-electron chi connectivity index (χ1n) is 10.3. The fraction of sp³-hybridized carbons (Fsp3) is 0.192. The van der Waals surface area contributed by atoms with Crippen molar-refractivity contribution >= 4 is 23.3 Å². The molecule has 3 aromatic rings. The number of rotatable bonds is 6. The lowest BCUT2D eigenvalue weighted by Gasteiger charge is -2.30. The average molecular weight is 449 g/mol. The molecule has 2 unspecified atom stereocenters. The minimum atomic E-state index is -0.962. The topological polar surface area (TPSA) is 77.5 Å². The second kappa shape index (κ2) is 8.69. The number of carbonyl (C=O) groups is 1. The number of aliphatic carboxylic acids is 1. The summed E-state index contributed by atoms with van der Waals surface area (Å²) in [6.45, 7) is 4.11. The van der Waals surface area contributed by atoms with Crippen LogP contribution in [0.1, 0.15) is 18.2 Å². The van der Waals surface area contributed by atoms with Gasteiger partial charge in [-0.1, -0.05) is 48.0 Å². The highest BCUT2D eigenvalue weighted by atomic mass is 35.5. The minimum Gasteiger partial charge on any atom is -0.488 e. The van der Waals surface area contributed by atoms with E-state index in [-0.39, 0.29) is 0 Å². The number of nitrogens with two attached hydrogens (primary N) is 1. The van der Waals surface area contributed by atoms with E-state index in [1.165, 1.54) is 0 Å². The monoisotopic (exact) mass is 448 g/mol. The SMILES string of the molecule is Cc1ccc(-c2cc(Cl)ccc2OCc2ccccc2)n1C1=CC(C(=O)O)C(C)(N)C=C1. The third-order valence-corrected chi connectivity index (χ3v) is 5.91. The molecule has 32 heavy (non-hydrogen) atoms. The Labute approximate surface area is 192 Å². The number of aryl methyl sites for hydroxylation is 1. The summed E-state index contributed by atoms with van der Waals surface area (Å²) in [7, 11) is 0. The van der Waals surface area contributed by atoms with Crippen molar-refractivity contribution in [1.82, 2.24) is 4.57 Å². The quantitative estimate of drug-likeness (QED) is 0.520. The summed E-state index contributed by atoms with van der Waals surface area (Å²) in [6, 6.07) is 19.4. The third-order valence-electron chi connectivity index (χ3n) is 5.68. The molecule has 0 spiro atoms. The van der Waals surface area contributed by atoms with E-state index in [1.807, 2.05) is 72.2 Å². The van der Waals surface area contributed by atoms with Gasteiger partial charge in [0.2, 0.25) is 0 Å². The predicted molar refractivity (Wildman–Crippen MR) is 128 cm³/mol. The molecule has 2 aromatic carbocycles. The zero-order valence-corrected chi connectivity index (χ0v) is 18.7. The van der Waals surface area contributed by atoms with Crippen molar-refractivity contribution in [3.05, 3.63) is 95.2 Å². The molecule has 6 heteroatoms. The Balaban J connectivity index is 1.76. The molecular weight excluding hydrogens is 424 g/mol. The molecule has 0 bridgehead atoms. The number of nitrogens with zero attached hydrogens (tertiary/aromatic N) is 1. The van der Waals surface area contributed by atoms with Crippen LogP contribution in [0.2, 0.25) is 5.02 Å². The lowest BCUT2D eigenvalue weighted by molar-refractivity contribution is -0.141. The molecule has 1 aliphatic rings. The molecule has 2 atom stereocenters. The molecule has 0 radical (unpaired) electrons. The van der Waals surface area contributed by atoms with Crippen LogP contribution in [-0.2, 0) is 11.4 Å².